The second-order valence-corrected chi connectivity index (χ2v) is 6.63. The molecule has 2 aliphatic rings. The van der Waals surface area contributed by atoms with E-state index in [0.29, 0.717) is 5.92 Å². The van der Waals surface area contributed by atoms with Gasteiger partial charge in [0.15, 0.2) is 0 Å². The molecule has 3 N–H and O–H groups in total. The first-order chi connectivity index (χ1) is 10.3. The van der Waals surface area contributed by atoms with Gasteiger partial charge in [0.25, 0.3) is 0 Å². The fraction of sp³-hybridized carbons (Fsp3) is 0.667. The molecule has 1 heterocycles. The summed E-state index contributed by atoms with van der Waals surface area (Å²) < 4.78 is 5.99. The molecule has 0 bridgehead atoms. The van der Waals surface area contributed by atoms with Crippen LogP contribution in [0.25, 0.3) is 0 Å². The van der Waals surface area contributed by atoms with Crippen LogP contribution in [0.1, 0.15) is 62.6 Å². The monoisotopic (exact) mass is 288 g/mol. The molecule has 0 amide bonds. The molecule has 0 spiro atoms. The van der Waals surface area contributed by atoms with Gasteiger partial charge in [-0.25, -0.2) is 0 Å². The van der Waals surface area contributed by atoms with Crippen LogP contribution in [-0.2, 0) is 6.42 Å². The quantitative estimate of drug-likeness (QED) is 0.655. The molecule has 0 radical (unpaired) electrons. The van der Waals surface area contributed by atoms with Gasteiger partial charge in [-0.05, 0) is 43.1 Å². The number of ether oxygens (including phenoxy) is 1. The maximum Gasteiger partial charge on any atom is 0.127 e. The molecule has 116 valence electrons. The van der Waals surface area contributed by atoms with Crippen LogP contribution in [0.2, 0.25) is 0 Å². The number of hydrogen-bond acceptors (Lipinski definition) is 3. The Morgan fingerprint density at radius 3 is 3.05 bits per heavy atom. The largest absolute Gasteiger partial charge is 0.493 e. The van der Waals surface area contributed by atoms with Gasteiger partial charge in [-0.1, -0.05) is 44.4 Å². The van der Waals surface area contributed by atoms with Crippen LogP contribution in [0, 0.1) is 11.8 Å². The van der Waals surface area contributed by atoms with Crippen molar-refractivity contribution in [3.63, 3.8) is 0 Å². The highest BCUT2D eigenvalue weighted by atomic mass is 16.5. The first-order valence-electron chi connectivity index (χ1n) is 8.54. The minimum atomic E-state index is 0.229. The molecule has 1 aliphatic carbocycles. The van der Waals surface area contributed by atoms with E-state index in [1.165, 1.54) is 43.2 Å². The molecule has 1 saturated carbocycles. The molecule has 3 atom stereocenters. The minimum Gasteiger partial charge on any atom is -0.493 e. The summed E-state index contributed by atoms with van der Waals surface area (Å²) >= 11 is 0. The number of nitrogens with two attached hydrogens (primary N) is 1. The zero-order valence-corrected chi connectivity index (χ0v) is 13.1. The summed E-state index contributed by atoms with van der Waals surface area (Å²) in [7, 11) is 0. The number of nitrogens with one attached hydrogen (secondary N) is 1. The third-order valence-corrected chi connectivity index (χ3v) is 5.35. The number of hydrogen-bond donors (Lipinski definition) is 2. The molecule has 21 heavy (non-hydrogen) atoms. The van der Waals surface area contributed by atoms with Gasteiger partial charge in [-0.15, -0.1) is 0 Å². The number of aryl methyl sites for hydroxylation is 1. The number of benzene rings is 1. The second-order valence-electron chi connectivity index (χ2n) is 6.63. The topological polar surface area (TPSA) is 47.3 Å². The van der Waals surface area contributed by atoms with Crippen molar-refractivity contribution < 1.29 is 4.74 Å². The van der Waals surface area contributed by atoms with Crippen molar-refractivity contribution in [3.05, 3.63) is 29.3 Å². The molecule has 3 heteroatoms. The molecule has 3 rings (SSSR count). The zero-order chi connectivity index (χ0) is 14.7. The van der Waals surface area contributed by atoms with E-state index in [9.17, 15) is 0 Å². The van der Waals surface area contributed by atoms with Crippen molar-refractivity contribution >= 4 is 0 Å². The van der Waals surface area contributed by atoms with E-state index in [2.05, 4.69) is 30.5 Å². The van der Waals surface area contributed by atoms with Crippen molar-refractivity contribution in [3.8, 4) is 5.75 Å². The molecule has 3 unspecified atom stereocenters. The van der Waals surface area contributed by atoms with Gasteiger partial charge in [0.2, 0.25) is 0 Å². The van der Waals surface area contributed by atoms with Gasteiger partial charge >= 0.3 is 0 Å². The molecule has 1 aromatic carbocycles. The fourth-order valence-corrected chi connectivity index (χ4v) is 4.15. The van der Waals surface area contributed by atoms with E-state index in [0.717, 1.165) is 31.1 Å². The Morgan fingerprint density at radius 1 is 1.33 bits per heavy atom. The predicted molar refractivity (Wildman–Crippen MR) is 86.1 cm³/mol. The van der Waals surface area contributed by atoms with E-state index in [-0.39, 0.29) is 6.04 Å². The Kier molecular flexibility index (Phi) is 4.81. The van der Waals surface area contributed by atoms with Crippen LogP contribution in [-0.4, -0.2) is 6.61 Å². The van der Waals surface area contributed by atoms with Crippen LogP contribution < -0.4 is 16.0 Å². The summed E-state index contributed by atoms with van der Waals surface area (Å²) in [6, 6.07) is 6.78. The number of fused-ring (bicyclic) bond motifs is 1. The lowest BCUT2D eigenvalue weighted by Crippen LogP contribution is -2.36. The van der Waals surface area contributed by atoms with E-state index in [4.69, 9.17) is 10.6 Å². The average molecular weight is 288 g/mol. The van der Waals surface area contributed by atoms with E-state index in [1.54, 1.807) is 0 Å². The van der Waals surface area contributed by atoms with Crippen molar-refractivity contribution in [2.24, 2.45) is 17.7 Å². The molecule has 1 aliphatic heterocycles. The molecule has 1 aromatic rings. The zero-order valence-electron chi connectivity index (χ0n) is 13.1. The van der Waals surface area contributed by atoms with Gasteiger partial charge in [0, 0.05) is 5.56 Å². The Hall–Kier alpha value is -1.06. The van der Waals surface area contributed by atoms with Crippen LogP contribution in [0.4, 0.5) is 0 Å². The van der Waals surface area contributed by atoms with E-state index in [1.807, 2.05) is 0 Å². The van der Waals surface area contributed by atoms with Crippen LogP contribution in [0.3, 0.4) is 0 Å². The summed E-state index contributed by atoms with van der Waals surface area (Å²) in [5.41, 5.74) is 5.73. The van der Waals surface area contributed by atoms with E-state index < -0.39 is 0 Å². The van der Waals surface area contributed by atoms with Crippen LogP contribution in [0.15, 0.2) is 18.2 Å². The third-order valence-electron chi connectivity index (χ3n) is 5.35. The smallest absolute Gasteiger partial charge is 0.127 e. The Balaban J connectivity index is 1.86. The van der Waals surface area contributed by atoms with E-state index >= 15 is 0 Å². The molecular weight excluding hydrogens is 260 g/mol. The van der Waals surface area contributed by atoms with Crippen molar-refractivity contribution in [2.45, 2.75) is 57.9 Å². The highest BCUT2D eigenvalue weighted by Crippen LogP contribution is 2.42. The number of hydrazine groups is 1. The van der Waals surface area contributed by atoms with Gasteiger partial charge in [-0.2, -0.15) is 0 Å². The molecule has 3 nitrogen and oxygen atoms in total. The Labute approximate surface area is 128 Å². The van der Waals surface area contributed by atoms with Crippen molar-refractivity contribution in [2.75, 3.05) is 6.61 Å². The molecule has 0 aromatic heterocycles. The standard InChI is InChI=1S/C18H28N2O/c1-2-13-6-3-8-15(12-13)17(20-19)16-10-4-7-14-9-5-11-21-18(14)16/h4,7,10,13,15,17,20H,2-3,5-6,8-9,11-12,19H2,1H3. The summed E-state index contributed by atoms with van der Waals surface area (Å²) in [6.07, 6.45) is 8.81. The van der Waals surface area contributed by atoms with Gasteiger partial charge in [-0.3, -0.25) is 11.3 Å². The maximum absolute atomic E-state index is 5.99. The van der Waals surface area contributed by atoms with Crippen LogP contribution >= 0.6 is 0 Å². The summed E-state index contributed by atoms with van der Waals surface area (Å²) in [4.78, 5) is 0. The van der Waals surface area contributed by atoms with Crippen molar-refractivity contribution in [1.29, 1.82) is 0 Å². The Bertz CT molecular complexity index is 474. The lowest BCUT2D eigenvalue weighted by Gasteiger charge is -2.35. The second kappa shape index (κ2) is 6.80. The molecule has 1 fully saturated rings. The first-order valence-corrected chi connectivity index (χ1v) is 8.54. The molecular formula is C18H28N2O. The fourth-order valence-electron chi connectivity index (χ4n) is 4.15. The number of rotatable bonds is 4. The van der Waals surface area contributed by atoms with Gasteiger partial charge in [0.1, 0.15) is 5.75 Å². The first kappa shape index (κ1) is 14.9. The predicted octanol–water partition coefficient (Wildman–Crippen LogP) is 3.73. The maximum atomic E-state index is 5.99. The summed E-state index contributed by atoms with van der Waals surface area (Å²) in [5, 5.41) is 0. The third kappa shape index (κ3) is 3.09. The summed E-state index contributed by atoms with van der Waals surface area (Å²) in [5.74, 6) is 8.54. The summed E-state index contributed by atoms with van der Waals surface area (Å²) in [6.45, 7) is 3.15. The Morgan fingerprint density at radius 2 is 2.24 bits per heavy atom. The lowest BCUT2D eigenvalue weighted by molar-refractivity contribution is 0.203. The van der Waals surface area contributed by atoms with Gasteiger partial charge in [0.05, 0.1) is 12.6 Å². The minimum absolute atomic E-state index is 0.229. The lowest BCUT2D eigenvalue weighted by atomic mass is 9.75. The average Bonchev–Trinajstić information content (AvgIpc) is 2.56. The van der Waals surface area contributed by atoms with Crippen LogP contribution in [0.5, 0.6) is 5.75 Å². The van der Waals surface area contributed by atoms with Gasteiger partial charge < -0.3 is 4.74 Å². The SMILES string of the molecule is CCC1CCCC(C(NN)c2cccc3c2OCCC3)C1. The van der Waals surface area contributed by atoms with Crippen molar-refractivity contribution in [1.82, 2.24) is 5.43 Å². The highest BCUT2D eigenvalue weighted by molar-refractivity contribution is 5.44. The molecule has 0 saturated heterocycles. The number of para-hydroxylation sites is 1. The highest BCUT2D eigenvalue weighted by Gasteiger charge is 2.31. The normalized spacial score (nSPS) is 26.8.